The summed E-state index contributed by atoms with van der Waals surface area (Å²) in [6, 6.07) is 4.55. The van der Waals surface area contributed by atoms with E-state index in [-0.39, 0.29) is 5.91 Å². The van der Waals surface area contributed by atoms with Crippen LogP contribution in [0.1, 0.15) is 23.8 Å². The lowest BCUT2D eigenvalue weighted by Crippen LogP contribution is -2.30. The van der Waals surface area contributed by atoms with Crippen LogP contribution in [0.5, 0.6) is 0 Å². The number of carbonyl (C=O) groups excluding carboxylic acids is 1. The minimum Gasteiger partial charge on any atom is -0.334 e. The molecule has 1 unspecified atom stereocenters. The van der Waals surface area contributed by atoms with E-state index >= 15 is 0 Å². The van der Waals surface area contributed by atoms with E-state index in [0.717, 1.165) is 19.4 Å². The van der Waals surface area contributed by atoms with Crippen molar-refractivity contribution < 1.29 is 4.79 Å². The normalized spacial score (nSPS) is 21.5. The summed E-state index contributed by atoms with van der Waals surface area (Å²) < 4.78 is 0.597. The van der Waals surface area contributed by atoms with Crippen molar-refractivity contribution in [2.45, 2.75) is 18.9 Å². The minimum absolute atomic E-state index is 0.279. The molecule has 0 saturated carbocycles. The summed E-state index contributed by atoms with van der Waals surface area (Å²) in [5.41, 5.74) is 0. The number of carbonyl (C=O) groups is 1. The molecule has 0 aliphatic carbocycles. The third-order valence-corrected chi connectivity index (χ3v) is 4.19. The highest BCUT2D eigenvalue weighted by atomic mass is 127. The average molecular weight is 321 g/mol. The van der Waals surface area contributed by atoms with Crippen LogP contribution in [-0.4, -0.2) is 21.8 Å². The van der Waals surface area contributed by atoms with Crippen LogP contribution in [0.15, 0.2) is 17.5 Å². The number of thiophene rings is 1. The predicted octanol–water partition coefficient (Wildman–Crippen LogP) is 2.85. The van der Waals surface area contributed by atoms with E-state index < -0.39 is 0 Å². The first-order valence-electron chi connectivity index (χ1n) is 4.72. The second kappa shape index (κ2) is 4.61. The van der Waals surface area contributed by atoms with Gasteiger partial charge in [-0.3, -0.25) is 4.79 Å². The zero-order valence-corrected chi connectivity index (χ0v) is 10.8. The fourth-order valence-corrected chi connectivity index (χ4v) is 3.23. The first-order valence-corrected chi connectivity index (χ1v) is 7.12. The Hall–Kier alpha value is -0.100. The third kappa shape index (κ3) is 1.95. The van der Waals surface area contributed by atoms with Crippen LogP contribution >= 0.6 is 33.9 Å². The van der Waals surface area contributed by atoms with Crippen LogP contribution in [0.2, 0.25) is 0 Å². The lowest BCUT2D eigenvalue weighted by Gasteiger charge is -2.22. The van der Waals surface area contributed by atoms with Gasteiger partial charge in [-0.15, -0.1) is 11.3 Å². The topological polar surface area (TPSA) is 20.3 Å². The molecule has 76 valence electrons. The summed E-state index contributed by atoms with van der Waals surface area (Å²) in [5, 5.41) is 2.08. The summed E-state index contributed by atoms with van der Waals surface area (Å²) in [6.07, 6.45) is 2.27. The molecule has 1 saturated heterocycles. The molecule has 1 aromatic heterocycles. The van der Waals surface area contributed by atoms with Crippen LogP contribution in [0.3, 0.4) is 0 Å². The first kappa shape index (κ1) is 10.4. The SMILES string of the molecule is O=C(CI)N1CCCC1c1cccs1. The molecule has 0 aromatic carbocycles. The van der Waals surface area contributed by atoms with Crippen molar-refractivity contribution in [1.82, 2.24) is 4.90 Å². The van der Waals surface area contributed by atoms with Gasteiger partial charge >= 0.3 is 0 Å². The Bertz CT molecular complexity index is 312. The van der Waals surface area contributed by atoms with E-state index in [1.54, 1.807) is 11.3 Å². The maximum Gasteiger partial charge on any atom is 0.232 e. The molecule has 2 nitrogen and oxygen atoms in total. The van der Waals surface area contributed by atoms with E-state index in [0.29, 0.717) is 10.5 Å². The summed E-state index contributed by atoms with van der Waals surface area (Å²) in [7, 11) is 0. The minimum atomic E-state index is 0.279. The van der Waals surface area contributed by atoms with Gasteiger partial charge in [-0.25, -0.2) is 0 Å². The van der Waals surface area contributed by atoms with Crippen LogP contribution in [-0.2, 0) is 4.79 Å². The molecule has 2 heterocycles. The molecule has 4 heteroatoms. The zero-order valence-electron chi connectivity index (χ0n) is 7.78. The van der Waals surface area contributed by atoms with Crippen LogP contribution in [0.4, 0.5) is 0 Å². The maximum atomic E-state index is 11.6. The van der Waals surface area contributed by atoms with Crippen molar-refractivity contribution >= 4 is 39.8 Å². The molecule has 0 bridgehead atoms. The van der Waals surface area contributed by atoms with Crippen molar-refractivity contribution in [3.8, 4) is 0 Å². The summed E-state index contributed by atoms with van der Waals surface area (Å²) in [4.78, 5) is 15.0. The third-order valence-electron chi connectivity index (χ3n) is 2.56. The Morgan fingerprint density at radius 3 is 3.21 bits per heavy atom. The fraction of sp³-hybridized carbons (Fsp3) is 0.500. The second-order valence-electron chi connectivity index (χ2n) is 3.39. The number of nitrogens with zero attached hydrogens (tertiary/aromatic N) is 1. The molecule has 1 aliphatic heterocycles. The van der Waals surface area contributed by atoms with E-state index in [2.05, 4.69) is 40.1 Å². The molecule has 2 rings (SSSR count). The second-order valence-corrected chi connectivity index (χ2v) is 5.14. The molecule has 1 amide bonds. The number of rotatable bonds is 2. The Labute approximate surface area is 101 Å². The van der Waals surface area contributed by atoms with E-state index in [4.69, 9.17) is 0 Å². The van der Waals surface area contributed by atoms with E-state index in [1.807, 2.05) is 4.90 Å². The number of alkyl halides is 1. The lowest BCUT2D eigenvalue weighted by atomic mass is 10.2. The van der Waals surface area contributed by atoms with Gasteiger partial charge in [-0.1, -0.05) is 28.7 Å². The molecule has 1 fully saturated rings. The molecule has 1 aliphatic rings. The molecular weight excluding hydrogens is 309 g/mol. The van der Waals surface area contributed by atoms with Crippen LogP contribution < -0.4 is 0 Å². The highest BCUT2D eigenvalue weighted by Crippen LogP contribution is 2.34. The molecule has 0 radical (unpaired) electrons. The van der Waals surface area contributed by atoms with Crippen molar-refractivity contribution in [2.75, 3.05) is 11.0 Å². The Balaban J connectivity index is 2.15. The largest absolute Gasteiger partial charge is 0.334 e. The number of amides is 1. The number of halogens is 1. The van der Waals surface area contributed by atoms with Gasteiger partial charge < -0.3 is 4.90 Å². The van der Waals surface area contributed by atoms with Gasteiger partial charge in [-0.2, -0.15) is 0 Å². The quantitative estimate of drug-likeness (QED) is 0.606. The maximum absolute atomic E-state index is 11.6. The standard InChI is InChI=1S/C10H12INOS/c11-7-10(13)12-5-1-3-8(12)9-4-2-6-14-9/h2,4,6,8H,1,3,5,7H2. The van der Waals surface area contributed by atoms with Gasteiger partial charge in [0, 0.05) is 11.4 Å². The average Bonchev–Trinajstić information content (AvgIpc) is 2.85. The highest BCUT2D eigenvalue weighted by molar-refractivity contribution is 14.1. The van der Waals surface area contributed by atoms with Gasteiger partial charge in [0.25, 0.3) is 0 Å². The number of hydrogen-bond acceptors (Lipinski definition) is 2. The van der Waals surface area contributed by atoms with Crippen LogP contribution in [0, 0.1) is 0 Å². The monoisotopic (exact) mass is 321 g/mol. The molecular formula is C10H12INOS. The van der Waals surface area contributed by atoms with Gasteiger partial charge in [0.05, 0.1) is 10.5 Å². The first-order chi connectivity index (χ1) is 6.83. The molecule has 0 N–H and O–H groups in total. The Morgan fingerprint density at radius 2 is 2.57 bits per heavy atom. The summed E-state index contributed by atoms with van der Waals surface area (Å²) in [5.74, 6) is 0.279. The highest BCUT2D eigenvalue weighted by Gasteiger charge is 2.29. The van der Waals surface area contributed by atoms with Crippen molar-refractivity contribution in [1.29, 1.82) is 0 Å². The summed E-state index contributed by atoms with van der Waals surface area (Å²) >= 11 is 3.90. The van der Waals surface area contributed by atoms with E-state index in [9.17, 15) is 4.79 Å². The zero-order chi connectivity index (χ0) is 9.97. The van der Waals surface area contributed by atoms with E-state index in [1.165, 1.54) is 4.88 Å². The number of hydrogen-bond donors (Lipinski definition) is 0. The smallest absolute Gasteiger partial charge is 0.232 e. The van der Waals surface area contributed by atoms with Gasteiger partial charge in [0.1, 0.15) is 0 Å². The van der Waals surface area contributed by atoms with Gasteiger partial charge in [-0.05, 0) is 24.3 Å². The molecule has 1 aromatic rings. The lowest BCUT2D eigenvalue weighted by molar-refractivity contribution is -0.128. The molecule has 14 heavy (non-hydrogen) atoms. The van der Waals surface area contributed by atoms with Gasteiger partial charge in [0.2, 0.25) is 5.91 Å². The molecule has 1 atom stereocenters. The summed E-state index contributed by atoms with van der Waals surface area (Å²) in [6.45, 7) is 0.935. The van der Waals surface area contributed by atoms with Crippen molar-refractivity contribution in [3.05, 3.63) is 22.4 Å². The van der Waals surface area contributed by atoms with Gasteiger partial charge in [0.15, 0.2) is 0 Å². The van der Waals surface area contributed by atoms with Crippen LogP contribution in [0.25, 0.3) is 0 Å². The Kier molecular flexibility index (Phi) is 3.43. The van der Waals surface area contributed by atoms with Crippen molar-refractivity contribution in [2.24, 2.45) is 0 Å². The number of likely N-dealkylation sites (tertiary alicyclic amines) is 1. The fourth-order valence-electron chi connectivity index (χ4n) is 1.92. The predicted molar refractivity (Wildman–Crippen MR) is 66.9 cm³/mol. The Morgan fingerprint density at radius 1 is 1.71 bits per heavy atom. The molecule has 0 spiro atoms. The van der Waals surface area contributed by atoms with Crippen molar-refractivity contribution in [3.63, 3.8) is 0 Å².